The Bertz CT molecular complexity index is 908. The molecule has 1 aliphatic heterocycles. The van der Waals surface area contributed by atoms with Crippen LogP contribution in [0.4, 0.5) is 4.79 Å². The van der Waals surface area contributed by atoms with Gasteiger partial charge >= 0.3 is 6.09 Å². The van der Waals surface area contributed by atoms with Gasteiger partial charge in [-0.25, -0.2) is 4.79 Å². The molecule has 0 bridgehead atoms. The molecule has 0 atom stereocenters. The number of hydrogen-bond acceptors (Lipinski definition) is 5. The van der Waals surface area contributed by atoms with Crippen LogP contribution in [0.3, 0.4) is 0 Å². The number of methoxy groups -OCH3 is 2. The molecule has 0 aromatic heterocycles. The highest BCUT2D eigenvalue weighted by Crippen LogP contribution is 2.33. The van der Waals surface area contributed by atoms with Crippen molar-refractivity contribution >= 4 is 23.6 Å². The van der Waals surface area contributed by atoms with E-state index in [1.54, 1.807) is 21.9 Å². The molecule has 2 aromatic rings. The summed E-state index contributed by atoms with van der Waals surface area (Å²) in [6, 6.07) is 10.8. The van der Waals surface area contributed by atoms with Crippen LogP contribution in [0.2, 0.25) is 5.02 Å². The SMILES string of the molecule is COc1cc(Cl)c(COC(=O)N2CCN(C(=O)c3ccc(C)cc3)CC2)cc1OC. The fourth-order valence-corrected chi connectivity index (χ4v) is 3.42. The summed E-state index contributed by atoms with van der Waals surface area (Å²) >= 11 is 6.24. The minimum Gasteiger partial charge on any atom is -0.493 e. The Hall–Kier alpha value is -2.93. The number of piperazine rings is 1. The van der Waals surface area contributed by atoms with Crippen LogP contribution in [0.15, 0.2) is 36.4 Å². The molecule has 1 heterocycles. The van der Waals surface area contributed by atoms with Crippen LogP contribution in [0.1, 0.15) is 21.5 Å². The second-order valence-corrected chi connectivity index (χ2v) is 7.41. The molecule has 0 unspecified atom stereocenters. The Morgan fingerprint density at radius 1 is 0.933 bits per heavy atom. The number of aryl methyl sites for hydroxylation is 1. The van der Waals surface area contributed by atoms with E-state index in [9.17, 15) is 9.59 Å². The van der Waals surface area contributed by atoms with Gasteiger partial charge in [0.1, 0.15) is 6.61 Å². The topological polar surface area (TPSA) is 68.3 Å². The lowest BCUT2D eigenvalue weighted by molar-refractivity contribution is 0.0543. The van der Waals surface area contributed by atoms with E-state index in [0.29, 0.717) is 53.8 Å². The molecule has 8 heteroatoms. The van der Waals surface area contributed by atoms with E-state index in [0.717, 1.165) is 5.56 Å². The molecule has 3 rings (SSSR count). The maximum atomic E-state index is 12.6. The van der Waals surface area contributed by atoms with E-state index in [4.69, 9.17) is 25.8 Å². The van der Waals surface area contributed by atoms with Gasteiger partial charge in [0.25, 0.3) is 5.91 Å². The lowest BCUT2D eigenvalue weighted by Crippen LogP contribution is -2.50. The van der Waals surface area contributed by atoms with E-state index < -0.39 is 6.09 Å². The fraction of sp³-hybridized carbons (Fsp3) is 0.364. The molecular formula is C22H25ClN2O5. The number of benzene rings is 2. The molecule has 0 saturated carbocycles. The Kier molecular flexibility index (Phi) is 7.05. The molecule has 0 N–H and O–H groups in total. The quantitative estimate of drug-likeness (QED) is 0.719. The predicted molar refractivity (Wildman–Crippen MR) is 113 cm³/mol. The molecule has 7 nitrogen and oxygen atoms in total. The van der Waals surface area contributed by atoms with Crippen LogP contribution in [-0.4, -0.2) is 62.2 Å². The first-order valence-electron chi connectivity index (χ1n) is 9.61. The number of halogens is 1. The second kappa shape index (κ2) is 9.71. The Balaban J connectivity index is 1.53. The monoisotopic (exact) mass is 432 g/mol. The number of rotatable bonds is 5. The van der Waals surface area contributed by atoms with Gasteiger partial charge in [-0.1, -0.05) is 29.3 Å². The van der Waals surface area contributed by atoms with Gasteiger partial charge in [-0.15, -0.1) is 0 Å². The zero-order chi connectivity index (χ0) is 21.7. The zero-order valence-electron chi connectivity index (χ0n) is 17.3. The maximum absolute atomic E-state index is 12.6. The van der Waals surface area contributed by atoms with Crippen molar-refractivity contribution in [3.63, 3.8) is 0 Å². The minimum absolute atomic E-state index is 0.0144. The molecule has 2 amide bonds. The summed E-state index contributed by atoms with van der Waals surface area (Å²) in [5.41, 5.74) is 2.38. The van der Waals surface area contributed by atoms with Crippen LogP contribution < -0.4 is 9.47 Å². The largest absolute Gasteiger partial charge is 0.493 e. The molecule has 2 aromatic carbocycles. The summed E-state index contributed by atoms with van der Waals surface area (Å²) in [6.45, 7) is 3.73. The van der Waals surface area contributed by atoms with Crippen molar-refractivity contribution < 1.29 is 23.8 Å². The van der Waals surface area contributed by atoms with Crippen molar-refractivity contribution in [1.82, 2.24) is 9.80 Å². The summed E-state index contributed by atoms with van der Waals surface area (Å²) in [5.74, 6) is 0.989. The summed E-state index contributed by atoms with van der Waals surface area (Å²) in [5, 5.41) is 0.425. The van der Waals surface area contributed by atoms with Gasteiger partial charge < -0.3 is 24.0 Å². The van der Waals surface area contributed by atoms with Crippen molar-refractivity contribution in [2.45, 2.75) is 13.5 Å². The van der Waals surface area contributed by atoms with Crippen LogP contribution in [0, 0.1) is 6.92 Å². The van der Waals surface area contributed by atoms with Gasteiger partial charge in [0, 0.05) is 43.4 Å². The average molecular weight is 433 g/mol. The Labute approximate surface area is 181 Å². The fourth-order valence-electron chi connectivity index (χ4n) is 3.21. The molecule has 160 valence electrons. The zero-order valence-corrected chi connectivity index (χ0v) is 18.1. The first-order valence-corrected chi connectivity index (χ1v) is 9.98. The van der Waals surface area contributed by atoms with Crippen molar-refractivity contribution in [3.05, 3.63) is 58.1 Å². The van der Waals surface area contributed by atoms with E-state index in [1.807, 2.05) is 31.2 Å². The van der Waals surface area contributed by atoms with Crippen LogP contribution >= 0.6 is 11.6 Å². The smallest absolute Gasteiger partial charge is 0.410 e. The van der Waals surface area contributed by atoms with Crippen molar-refractivity contribution in [2.75, 3.05) is 40.4 Å². The van der Waals surface area contributed by atoms with Crippen molar-refractivity contribution in [3.8, 4) is 11.5 Å². The van der Waals surface area contributed by atoms with Gasteiger partial charge in [0.2, 0.25) is 0 Å². The number of amides is 2. The number of nitrogens with zero attached hydrogens (tertiary/aromatic N) is 2. The molecule has 1 aliphatic rings. The second-order valence-electron chi connectivity index (χ2n) is 7.00. The Morgan fingerprint density at radius 3 is 2.10 bits per heavy atom. The third kappa shape index (κ3) is 4.97. The van der Waals surface area contributed by atoms with Crippen molar-refractivity contribution in [1.29, 1.82) is 0 Å². The van der Waals surface area contributed by atoms with E-state index in [2.05, 4.69) is 0 Å². The van der Waals surface area contributed by atoms with E-state index >= 15 is 0 Å². The van der Waals surface area contributed by atoms with Crippen LogP contribution in [0.5, 0.6) is 11.5 Å². The first-order chi connectivity index (χ1) is 14.4. The third-order valence-corrected chi connectivity index (χ3v) is 5.38. The lowest BCUT2D eigenvalue weighted by Gasteiger charge is -2.34. The van der Waals surface area contributed by atoms with Crippen LogP contribution in [0.25, 0.3) is 0 Å². The molecule has 0 spiro atoms. The standard InChI is InChI=1S/C22H25ClN2O5/c1-15-4-6-16(7-5-15)21(26)24-8-10-25(11-9-24)22(27)30-14-17-12-19(28-2)20(29-3)13-18(17)23/h4-7,12-13H,8-11,14H2,1-3H3. The highest BCUT2D eigenvalue weighted by Gasteiger charge is 2.26. The molecule has 0 radical (unpaired) electrons. The predicted octanol–water partition coefficient (Wildman–Crippen LogP) is 3.76. The van der Waals surface area contributed by atoms with Gasteiger partial charge in [0.15, 0.2) is 11.5 Å². The number of hydrogen-bond donors (Lipinski definition) is 0. The first kappa shape index (κ1) is 21.8. The van der Waals surface area contributed by atoms with Gasteiger partial charge in [-0.3, -0.25) is 4.79 Å². The highest BCUT2D eigenvalue weighted by molar-refractivity contribution is 6.31. The van der Waals surface area contributed by atoms with Crippen LogP contribution in [-0.2, 0) is 11.3 Å². The molecule has 1 fully saturated rings. The number of carbonyl (C=O) groups excluding carboxylic acids is 2. The average Bonchev–Trinajstić information content (AvgIpc) is 2.78. The summed E-state index contributed by atoms with van der Waals surface area (Å²) in [6.07, 6.45) is -0.441. The van der Waals surface area contributed by atoms with Gasteiger partial charge in [0.05, 0.1) is 19.2 Å². The minimum atomic E-state index is -0.441. The molecule has 30 heavy (non-hydrogen) atoms. The summed E-state index contributed by atoms with van der Waals surface area (Å²) in [4.78, 5) is 28.4. The van der Waals surface area contributed by atoms with Gasteiger partial charge in [-0.05, 0) is 25.1 Å². The lowest BCUT2D eigenvalue weighted by atomic mass is 10.1. The van der Waals surface area contributed by atoms with E-state index in [-0.39, 0.29) is 12.5 Å². The molecular weight excluding hydrogens is 408 g/mol. The normalized spacial score (nSPS) is 13.7. The van der Waals surface area contributed by atoms with E-state index in [1.165, 1.54) is 14.2 Å². The number of carbonyl (C=O) groups is 2. The Morgan fingerprint density at radius 2 is 1.50 bits per heavy atom. The highest BCUT2D eigenvalue weighted by atomic mass is 35.5. The van der Waals surface area contributed by atoms with Crippen molar-refractivity contribution in [2.24, 2.45) is 0 Å². The number of ether oxygens (including phenoxy) is 3. The third-order valence-electron chi connectivity index (χ3n) is 5.03. The maximum Gasteiger partial charge on any atom is 0.410 e. The summed E-state index contributed by atoms with van der Waals surface area (Å²) < 4.78 is 15.9. The van der Waals surface area contributed by atoms with Gasteiger partial charge in [-0.2, -0.15) is 0 Å². The summed E-state index contributed by atoms with van der Waals surface area (Å²) in [7, 11) is 3.05. The molecule has 0 aliphatic carbocycles. The molecule has 1 saturated heterocycles.